The van der Waals surface area contributed by atoms with E-state index in [1.54, 1.807) is 24.0 Å². The van der Waals surface area contributed by atoms with Crippen molar-refractivity contribution in [2.24, 2.45) is 5.73 Å². The summed E-state index contributed by atoms with van der Waals surface area (Å²) in [6.45, 7) is 0.443. The lowest BCUT2D eigenvalue weighted by Gasteiger charge is -2.03. The average Bonchev–Trinajstić information content (AvgIpc) is 2.37. The van der Waals surface area contributed by atoms with E-state index >= 15 is 0 Å². The molecule has 0 radical (unpaired) electrons. The molecule has 0 aliphatic rings. The van der Waals surface area contributed by atoms with Crippen LogP contribution in [0.5, 0.6) is 0 Å². The number of halogens is 1. The number of aromatic nitrogens is 1. The van der Waals surface area contributed by atoms with E-state index in [1.165, 1.54) is 12.1 Å². The predicted octanol–water partition coefficient (Wildman–Crippen LogP) is 2.97. The summed E-state index contributed by atoms with van der Waals surface area (Å²) in [6.07, 6.45) is 1.75. The minimum absolute atomic E-state index is 0.202. The third kappa shape index (κ3) is 3.54. The molecule has 0 saturated heterocycles. The summed E-state index contributed by atoms with van der Waals surface area (Å²) in [7, 11) is 0. The molecule has 1 aromatic carbocycles. The fourth-order valence-corrected chi connectivity index (χ4v) is 2.34. The number of rotatable bonds is 4. The van der Waals surface area contributed by atoms with Gasteiger partial charge in [0.15, 0.2) is 0 Å². The second-order valence-corrected chi connectivity index (χ2v) is 4.65. The van der Waals surface area contributed by atoms with Gasteiger partial charge >= 0.3 is 0 Å². The molecule has 0 saturated carbocycles. The standard InChI is InChI=1S/C13H13FN2S/c14-11-2-1-3-13(7-11)17-9-10-4-5-16-12(6-10)8-15/h1-7H,8-9,15H2. The highest BCUT2D eigenvalue weighted by Crippen LogP contribution is 2.23. The van der Waals surface area contributed by atoms with Gasteiger partial charge in [-0.05, 0) is 35.9 Å². The van der Waals surface area contributed by atoms with Crippen molar-refractivity contribution in [2.75, 3.05) is 0 Å². The molecular formula is C13H13FN2S. The van der Waals surface area contributed by atoms with E-state index in [0.717, 1.165) is 21.9 Å². The fourth-order valence-electron chi connectivity index (χ4n) is 1.45. The zero-order chi connectivity index (χ0) is 12.1. The molecule has 1 heterocycles. The van der Waals surface area contributed by atoms with Gasteiger partial charge in [-0.2, -0.15) is 0 Å². The number of hydrogen-bond donors (Lipinski definition) is 1. The Hall–Kier alpha value is -1.39. The Bertz CT molecular complexity index is 502. The zero-order valence-corrected chi connectivity index (χ0v) is 10.1. The Morgan fingerprint density at radius 1 is 1.24 bits per heavy atom. The maximum Gasteiger partial charge on any atom is 0.124 e. The number of benzene rings is 1. The molecule has 4 heteroatoms. The summed E-state index contributed by atoms with van der Waals surface area (Å²) < 4.78 is 13.0. The molecule has 0 atom stereocenters. The average molecular weight is 248 g/mol. The van der Waals surface area contributed by atoms with E-state index in [0.29, 0.717) is 6.54 Å². The molecule has 0 amide bonds. The summed E-state index contributed by atoms with van der Waals surface area (Å²) in [5, 5.41) is 0. The van der Waals surface area contributed by atoms with Gasteiger partial charge in [0.2, 0.25) is 0 Å². The topological polar surface area (TPSA) is 38.9 Å². The lowest BCUT2D eigenvalue weighted by Crippen LogP contribution is -1.99. The summed E-state index contributed by atoms with van der Waals surface area (Å²) in [5.74, 6) is 0.589. The van der Waals surface area contributed by atoms with Crippen molar-refractivity contribution in [1.82, 2.24) is 4.98 Å². The molecule has 0 aliphatic heterocycles. The van der Waals surface area contributed by atoms with Gasteiger partial charge in [0.05, 0.1) is 5.69 Å². The van der Waals surface area contributed by atoms with Crippen molar-refractivity contribution in [3.8, 4) is 0 Å². The molecule has 0 fully saturated rings. The van der Waals surface area contributed by atoms with Crippen molar-refractivity contribution < 1.29 is 4.39 Å². The highest BCUT2D eigenvalue weighted by molar-refractivity contribution is 7.98. The van der Waals surface area contributed by atoms with Crippen LogP contribution >= 0.6 is 11.8 Å². The number of hydrogen-bond acceptors (Lipinski definition) is 3. The molecule has 88 valence electrons. The minimum atomic E-state index is -0.202. The van der Waals surface area contributed by atoms with Gasteiger partial charge in [0.1, 0.15) is 5.82 Å². The largest absolute Gasteiger partial charge is 0.325 e. The summed E-state index contributed by atoms with van der Waals surface area (Å²) in [4.78, 5) is 5.06. The van der Waals surface area contributed by atoms with Gasteiger partial charge in [0, 0.05) is 23.4 Å². The highest BCUT2D eigenvalue weighted by Gasteiger charge is 1.99. The summed E-state index contributed by atoms with van der Waals surface area (Å²) in [5.41, 5.74) is 7.55. The van der Waals surface area contributed by atoms with E-state index in [-0.39, 0.29) is 5.82 Å². The van der Waals surface area contributed by atoms with E-state index in [4.69, 9.17) is 5.73 Å². The van der Waals surface area contributed by atoms with E-state index in [1.807, 2.05) is 18.2 Å². The predicted molar refractivity (Wildman–Crippen MR) is 68.1 cm³/mol. The molecular weight excluding hydrogens is 235 g/mol. The number of nitrogens with two attached hydrogens (primary N) is 1. The van der Waals surface area contributed by atoms with Gasteiger partial charge in [-0.3, -0.25) is 4.98 Å². The van der Waals surface area contributed by atoms with Crippen LogP contribution in [0.4, 0.5) is 4.39 Å². The Kier molecular flexibility index (Phi) is 4.12. The van der Waals surface area contributed by atoms with Crippen LogP contribution in [0.15, 0.2) is 47.5 Å². The monoisotopic (exact) mass is 248 g/mol. The second-order valence-electron chi connectivity index (χ2n) is 3.61. The van der Waals surface area contributed by atoms with Crippen LogP contribution < -0.4 is 5.73 Å². The molecule has 0 aliphatic carbocycles. The van der Waals surface area contributed by atoms with Crippen LogP contribution in [0.1, 0.15) is 11.3 Å². The Balaban J connectivity index is 2.02. The number of pyridine rings is 1. The maximum atomic E-state index is 13.0. The lowest BCUT2D eigenvalue weighted by atomic mass is 10.2. The molecule has 1 aromatic heterocycles. The van der Waals surface area contributed by atoms with Crippen LogP contribution in [0, 0.1) is 5.82 Å². The lowest BCUT2D eigenvalue weighted by molar-refractivity contribution is 0.624. The SMILES string of the molecule is NCc1cc(CSc2cccc(F)c2)ccn1. The van der Waals surface area contributed by atoms with Crippen LogP contribution in [0.2, 0.25) is 0 Å². The quantitative estimate of drug-likeness (QED) is 0.845. The fraction of sp³-hybridized carbons (Fsp3) is 0.154. The molecule has 0 unspecified atom stereocenters. The molecule has 2 rings (SSSR count). The van der Waals surface area contributed by atoms with E-state index in [9.17, 15) is 4.39 Å². The smallest absolute Gasteiger partial charge is 0.124 e. The van der Waals surface area contributed by atoms with Crippen molar-refractivity contribution >= 4 is 11.8 Å². The van der Waals surface area contributed by atoms with Crippen molar-refractivity contribution in [3.63, 3.8) is 0 Å². The molecule has 2 aromatic rings. The first-order valence-corrected chi connectivity index (χ1v) is 6.29. The third-order valence-corrected chi connectivity index (χ3v) is 3.36. The van der Waals surface area contributed by atoms with Gasteiger partial charge in [-0.15, -0.1) is 11.8 Å². The molecule has 0 bridgehead atoms. The molecule has 2 nitrogen and oxygen atoms in total. The van der Waals surface area contributed by atoms with Crippen molar-refractivity contribution in [2.45, 2.75) is 17.2 Å². The molecule has 0 spiro atoms. The van der Waals surface area contributed by atoms with Crippen LogP contribution in [-0.2, 0) is 12.3 Å². The first-order chi connectivity index (χ1) is 8.28. The minimum Gasteiger partial charge on any atom is -0.325 e. The molecule has 2 N–H and O–H groups in total. The van der Waals surface area contributed by atoms with Crippen LogP contribution in [-0.4, -0.2) is 4.98 Å². The summed E-state index contributed by atoms with van der Waals surface area (Å²) >= 11 is 1.60. The zero-order valence-electron chi connectivity index (χ0n) is 9.27. The van der Waals surface area contributed by atoms with E-state index in [2.05, 4.69) is 4.98 Å². The summed E-state index contributed by atoms with van der Waals surface area (Å²) in [6, 6.07) is 10.5. The van der Waals surface area contributed by atoms with Crippen molar-refractivity contribution in [3.05, 3.63) is 59.7 Å². The normalized spacial score (nSPS) is 10.5. The Labute approximate surface area is 104 Å². The third-order valence-electron chi connectivity index (χ3n) is 2.29. The van der Waals surface area contributed by atoms with Crippen LogP contribution in [0.25, 0.3) is 0 Å². The van der Waals surface area contributed by atoms with Crippen molar-refractivity contribution in [1.29, 1.82) is 0 Å². The van der Waals surface area contributed by atoms with Crippen LogP contribution in [0.3, 0.4) is 0 Å². The Morgan fingerprint density at radius 2 is 2.12 bits per heavy atom. The van der Waals surface area contributed by atoms with Gasteiger partial charge in [0.25, 0.3) is 0 Å². The molecule has 17 heavy (non-hydrogen) atoms. The maximum absolute atomic E-state index is 13.0. The van der Waals surface area contributed by atoms with Gasteiger partial charge in [-0.25, -0.2) is 4.39 Å². The first-order valence-electron chi connectivity index (χ1n) is 5.30. The first kappa shape index (κ1) is 12.1. The van der Waals surface area contributed by atoms with E-state index < -0.39 is 0 Å². The van der Waals surface area contributed by atoms with Gasteiger partial charge in [-0.1, -0.05) is 6.07 Å². The number of thioether (sulfide) groups is 1. The number of nitrogens with zero attached hydrogens (tertiary/aromatic N) is 1. The Morgan fingerprint density at radius 3 is 2.88 bits per heavy atom. The van der Waals surface area contributed by atoms with Gasteiger partial charge < -0.3 is 5.73 Å². The second kappa shape index (κ2) is 5.80. The highest BCUT2D eigenvalue weighted by atomic mass is 32.2.